The predicted molar refractivity (Wildman–Crippen MR) is 53.1 cm³/mol. The number of unbranched alkanes of at least 4 members (excludes halogenated alkanes) is 1. The summed E-state index contributed by atoms with van der Waals surface area (Å²) < 4.78 is 0. The lowest BCUT2D eigenvalue weighted by Gasteiger charge is -2.00. The molecule has 0 heterocycles. The Kier molecular flexibility index (Phi) is 6.35. The Balaban J connectivity index is 3.51. The van der Waals surface area contributed by atoms with Crippen molar-refractivity contribution in [1.82, 2.24) is 0 Å². The maximum Gasteiger partial charge on any atom is 0.142 e. The molecule has 68 valence electrons. The monoisotopic (exact) mass is 166 g/mol. The van der Waals surface area contributed by atoms with Gasteiger partial charge < -0.3 is 0 Å². The molecule has 0 bridgehead atoms. The highest BCUT2D eigenvalue weighted by Gasteiger charge is 1.90. The van der Waals surface area contributed by atoms with Crippen LogP contribution in [0.2, 0.25) is 0 Å². The van der Waals surface area contributed by atoms with E-state index in [1.54, 1.807) is 6.08 Å². The van der Waals surface area contributed by atoms with Crippen LogP contribution in [-0.2, 0) is 4.79 Å². The van der Waals surface area contributed by atoms with Gasteiger partial charge in [-0.25, -0.2) is 0 Å². The molecule has 0 N–H and O–H groups in total. The molecule has 0 aliphatic heterocycles. The molecular formula is C11H18O. The van der Waals surface area contributed by atoms with Crippen molar-refractivity contribution in [3.63, 3.8) is 0 Å². The standard InChI is InChI=1S/C11H18O/c1-10(2)11(3)8-6-4-5-7-9-12/h5,7,9H,4,6,8H2,1-3H3/b7-5+. The average molecular weight is 166 g/mol. The molecule has 0 aliphatic carbocycles. The van der Waals surface area contributed by atoms with Crippen molar-refractivity contribution >= 4 is 6.29 Å². The van der Waals surface area contributed by atoms with Crippen LogP contribution in [0.25, 0.3) is 0 Å². The zero-order chi connectivity index (χ0) is 9.40. The van der Waals surface area contributed by atoms with Crippen molar-refractivity contribution in [2.75, 3.05) is 0 Å². The van der Waals surface area contributed by atoms with Gasteiger partial charge in [-0.3, -0.25) is 4.79 Å². The molecule has 0 saturated heterocycles. The Morgan fingerprint density at radius 3 is 2.42 bits per heavy atom. The van der Waals surface area contributed by atoms with Gasteiger partial charge in [-0.2, -0.15) is 0 Å². The predicted octanol–water partition coefficient (Wildman–Crippen LogP) is 3.27. The van der Waals surface area contributed by atoms with Gasteiger partial charge in [0.25, 0.3) is 0 Å². The highest BCUT2D eigenvalue weighted by molar-refractivity contribution is 5.64. The maximum absolute atomic E-state index is 9.91. The molecule has 0 radical (unpaired) electrons. The summed E-state index contributed by atoms with van der Waals surface area (Å²) in [4.78, 5) is 9.91. The largest absolute Gasteiger partial charge is 0.299 e. The summed E-state index contributed by atoms with van der Waals surface area (Å²) >= 11 is 0. The minimum Gasteiger partial charge on any atom is -0.299 e. The Bertz CT molecular complexity index is 183. The summed E-state index contributed by atoms with van der Waals surface area (Å²) in [5.41, 5.74) is 2.88. The SMILES string of the molecule is CC(C)=C(C)CCC/C=C/C=O. The highest BCUT2D eigenvalue weighted by atomic mass is 16.1. The van der Waals surface area contributed by atoms with Crippen molar-refractivity contribution in [2.45, 2.75) is 40.0 Å². The van der Waals surface area contributed by atoms with Crippen LogP contribution in [-0.4, -0.2) is 6.29 Å². The molecule has 0 rings (SSSR count). The quantitative estimate of drug-likeness (QED) is 0.265. The summed E-state index contributed by atoms with van der Waals surface area (Å²) in [7, 11) is 0. The fraction of sp³-hybridized carbons (Fsp3) is 0.545. The molecule has 0 unspecified atom stereocenters. The third-order valence-corrected chi connectivity index (χ3v) is 1.99. The molecule has 0 atom stereocenters. The van der Waals surface area contributed by atoms with Crippen LogP contribution in [0.3, 0.4) is 0 Å². The Morgan fingerprint density at radius 2 is 1.92 bits per heavy atom. The topological polar surface area (TPSA) is 17.1 Å². The summed E-state index contributed by atoms with van der Waals surface area (Å²) in [5, 5.41) is 0. The van der Waals surface area contributed by atoms with Crippen LogP contribution in [0.5, 0.6) is 0 Å². The van der Waals surface area contributed by atoms with Gasteiger partial charge in [0.05, 0.1) is 0 Å². The van der Waals surface area contributed by atoms with Crippen molar-refractivity contribution in [2.24, 2.45) is 0 Å². The molecule has 0 aliphatic rings. The normalized spacial score (nSPS) is 10.2. The van der Waals surface area contributed by atoms with Crippen molar-refractivity contribution in [1.29, 1.82) is 0 Å². The van der Waals surface area contributed by atoms with Gasteiger partial charge in [0.2, 0.25) is 0 Å². The second-order valence-electron chi connectivity index (χ2n) is 3.24. The Labute approximate surface area is 75.2 Å². The summed E-state index contributed by atoms with van der Waals surface area (Å²) in [6.07, 6.45) is 7.60. The van der Waals surface area contributed by atoms with Crippen LogP contribution in [0, 0.1) is 0 Å². The zero-order valence-electron chi connectivity index (χ0n) is 8.26. The molecule has 0 amide bonds. The van der Waals surface area contributed by atoms with E-state index in [0.717, 1.165) is 25.5 Å². The molecular weight excluding hydrogens is 148 g/mol. The van der Waals surface area contributed by atoms with Gasteiger partial charge in [0.15, 0.2) is 0 Å². The number of carbonyl (C=O) groups is 1. The number of aldehydes is 1. The van der Waals surface area contributed by atoms with Crippen LogP contribution >= 0.6 is 0 Å². The fourth-order valence-corrected chi connectivity index (χ4v) is 0.887. The van der Waals surface area contributed by atoms with Crippen molar-refractivity contribution in [3.05, 3.63) is 23.3 Å². The molecule has 0 aromatic rings. The lowest BCUT2D eigenvalue weighted by molar-refractivity contribution is -0.104. The van der Waals surface area contributed by atoms with E-state index in [9.17, 15) is 4.79 Å². The number of rotatable bonds is 5. The molecule has 0 fully saturated rings. The van der Waals surface area contributed by atoms with Gasteiger partial charge in [-0.05, 0) is 46.1 Å². The Hall–Kier alpha value is -0.850. The summed E-state index contributed by atoms with van der Waals surface area (Å²) in [5.74, 6) is 0. The molecule has 1 nitrogen and oxygen atoms in total. The summed E-state index contributed by atoms with van der Waals surface area (Å²) in [6.45, 7) is 6.44. The third-order valence-electron chi connectivity index (χ3n) is 1.99. The lowest BCUT2D eigenvalue weighted by atomic mass is 10.1. The minimum absolute atomic E-state index is 0.827. The lowest BCUT2D eigenvalue weighted by Crippen LogP contribution is -1.80. The van der Waals surface area contributed by atoms with Gasteiger partial charge in [-0.15, -0.1) is 0 Å². The Morgan fingerprint density at radius 1 is 1.25 bits per heavy atom. The third kappa shape index (κ3) is 5.90. The van der Waals surface area contributed by atoms with E-state index >= 15 is 0 Å². The number of carbonyl (C=O) groups excluding carboxylic acids is 1. The van der Waals surface area contributed by atoms with Crippen molar-refractivity contribution < 1.29 is 4.79 Å². The minimum atomic E-state index is 0.827. The van der Waals surface area contributed by atoms with E-state index in [1.165, 1.54) is 11.1 Å². The van der Waals surface area contributed by atoms with E-state index in [2.05, 4.69) is 20.8 Å². The number of hydrogen-bond acceptors (Lipinski definition) is 1. The first-order valence-corrected chi connectivity index (χ1v) is 4.41. The fourth-order valence-electron chi connectivity index (χ4n) is 0.887. The first kappa shape index (κ1) is 11.2. The zero-order valence-corrected chi connectivity index (χ0v) is 8.26. The van der Waals surface area contributed by atoms with Gasteiger partial charge >= 0.3 is 0 Å². The molecule has 0 aromatic carbocycles. The summed E-state index contributed by atoms with van der Waals surface area (Å²) in [6, 6.07) is 0. The van der Waals surface area contributed by atoms with Gasteiger partial charge in [0.1, 0.15) is 6.29 Å². The van der Waals surface area contributed by atoms with Crippen molar-refractivity contribution in [3.8, 4) is 0 Å². The first-order valence-electron chi connectivity index (χ1n) is 4.41. The van der Waals surface area contributed by atoms with E-state index in [0.29, 0.717) is 0 Å². The van der Waals surface area contributed by atoms with Crippen LogP contribution in [0.4, 0.5) is 0 Å². The molecule has 12 heavy (non-hydrogen) atoms. The molecule has 0 spiro atoms. The van der Waals surface area contributed by atoms with Crippen LogP contribution < -0.4 is 0 Å². The van der Waals surface area contributed by atoms with E-state index in [-0.39, 0.29) is 0 Å². The van der Waals surface area contributed by atoms with E-state index in [1.807, 2.05) is 6.08 Å². The van der Waals surface area contributed by atoms with E-state index in [4.69, 9.17) is 0 Å². The molecule has 0 saturated carbocycles. The maximum atomic E-state index is 9.91. The number of allylic oxidation sites excluding steroid dienone is 4. The van der Waals surface area contributed by atoms with Gasteiger partial charge in [0, 0.05) is 0 Å². The molecule has 0 aromatic heterocycles. The van der Waals surface area contributed by atoms with Crippen LogP contribution in [0.1, 0.15) is 40.0 Å². The highest BCUT2D eigenvalue weighted by Crippen LogP contribution is 2.10. The number of hydrogen-bond donors (Lipinski definition) is 0. The molecule has 1 heteroatoms. The second kappa shape index (κ2) is 6.84. The second-order valence-corrected chi connectivity index (χ2v) is 3.24. The van der Waals surface area contributed by atoms with E-state index < -0.39 is 0 Å². The van der Waals surface area contributed by atoms with Crippen LogP contribution in [0.15, 0.2) is 23.3 Å². The average Bonchev–Trinajstić information content (AvgIpc) is 2.03. The van der Waals surface area contributed by atoms with Gasteiger partial charge in [-0.1, -0.05) is 17.2 Å². The first-order chi connectivity index (χ1) is 5.68. The smallest absolute Gasteiger partial charge is 0.142 e.